The molecule has 0 radical (unpaired) electrons. The first-order valence-corrected chi connectivity index (χ1v) is 9.21. The number of benzene rings is 2. The van der Waals surface area contributed by atoms with Gasteiger partial charge in [0.2, 0.25) is 0 Å². The van der Waals surface area contributed by atoms with E-state index in [4.69, 9.17) is 17.0 Å². The molecule has 2 N–H and O–H groups in total. The lowest BCUT2D eigenvalue weighted by molar-refractivity contribution is 0.0974. The van der Waals surface area contributed by atoms with Gasteiger partial charge in [0.1, 0.15) is 5.75 Å². The number of aryl methyl sites for hydroxylation is 1. The number of amides is 1. The summed E-state index contributed by atoms with van der Waals surface area (Å²) in [7, 11) is 0. The van der Waals surface area contributed by atoms with E-state index < -0.39 is 0 Å². The molecule has 7 heteroatoms. The van der Waals surface area contributed by atoms with E-state index in [1.807, 2.05) is 38.1 Å². The van der Waals surface area contributed by atoms with Crippen molar-refractivity contribution in [2.24, 2.45) is 0 Å². The molecule has 4 nitrogen and oxygen atoms in total. The zero-order valence-electron chi connectivity index (χ0n) is 13.2. The van der Waals surface area contributed by atoms with Crippen LogP contribution in [-0.4, -0.2) is 17.6 Å². The first-order chi connectivity index (χ1) is 11.4. The largest absolute Gasteiger partial charge is 0.493 e. The summed E-state index contributed by atoms with van der Waals surface area (Å²) in [5.74, 6) is 0.179. The Kier molecular flexibility index (Phi) is 6.77. The molecule has 0 aliphatic heterocycles. The first kappa shape index (κ1) is 18.9. The molecule has 24 heavy (non-hydrogen) atoms. The third-order valence-corrected chi connectivity index (χ3v) is 4.44. The van der Waals surface area contributed by atoms with Crippen molar-refractivity contribution in [2.75, 3.05) is 11.9 Å². The Labute approximate surface area is 163 Å². The van der Waals surface area contributed by atoms with E-state index in [2.05, 4.69) is 42.5 Å². The maximum atomic E-state index is 12.5. The molecule has 2 aromatic carbocycles. The van der Waals surface area contributed by atoms with Gasteiger partial charge in [-0.1, -0.05) is 22.0 Å². The molecular weight excluding hydrogens is 456 g/mol. The van der Waals surface area contributed by atoms with Gasteiger partial charge in [0.15, 0.2) is 5.11 Å². The number of rotatable bonds is 4. The fraction of sp³-hybridized carbons (Fsp3) is 0.176. The topological polar surface area (TPSA) is 50.4 Å². The molecule has 2 rings (SSSR count). The van der Waals surface area contributed by atoms with E-state index in [1.165, 1.54) is 0 Å². The lowest BCUT2D eigenvalue weighted by Gasteiger charge is -2.13. The second kappa shape index (κ2) is 8.60. The highest BCUT2D eigenvalue weighted by Crippen LogP contribution is 2.24. The van der Waals surface area contributed by atoms with Crippen LogP contribution in [-0.2, 0) is 0 Å². The Bertz CT molecular complexity index is 781. The quantitative estimate of drug-likeness (QED) is 0.613. The summed E-state index contributed by atoms with van der Waals surface area (Å²) in [5, 5.41) is 5.89. The number of carbonyl (C=O) groups excluding carboxylic acids is 1. The average Bonchev–Trinajstić information content (AvgIpc) is 2.52. The number of thiocarbonyl (C=S) groups is 1. The van der Waals surface area contributed by atoms with E-state index in [0.717, 1.165) is 20.2 Å². The fourth-order valence-corrected chi connectivity index (χ4v) is 3.16. The van der Waals surface area contributed by atoms with Gasteiger partial charge in [-0.05, 0) is 77.9 Å². The highest BCUT2D eigenvalue weighted by atomic mass is 79.9. The zero-order valence-corrected chi connectivity index (χ0v) is 17.1. The number of hydrogen-bond acceptors (Lipinski definition) is 3. The highest BCUT2D eigenvalue weighted by molar-refractivity contribution is 9.10. The number of anilines is 1. The van der Waals surface area contributed by atoms with E-state index in [-0.39, 0.29) is 11.0 Å². The van der Waals surface area contributed by atoms with Crippen molar-refractivity contribution in [3.05, 3.63) is 56.5 Å². The SMILES string of the molecule is CCOc1ccc(Br)cc1C(=O)NC(=S)Nc1ccc(C)cc1Br. The molecule has 0 unspecified atom stereocenters. The minimum atomic E-state index is -0.333. The zero-order chi connectivity index (χ0) is 17.7. The fourth-order valence-electron chi connectivity index (χ4n) is 2.01. The van der Waals surface area contributed by atoms with Crippen molar-refractivity contribution in [1.82, 2.24) is 5.32 Å². The maximum Gasteiger partial charge on any atom is 0.261 e. The van der Waals surface area contributed by atoms with Crippen LogP contribution < -0.4 is 15.4 Å². The summed E-state index contributed by atoms with van der Waals surface area (Å²) in [6.45, 7) is 4.34. The van der Waals surface area contributed by atoms with E-state index in [9.17, 15) is 4.79 Å². The molecule has 0 saturated heterocycles. The average molecular weight is 472 g/mol. The van der Waals surface area contributed by atoms with Gasteiger partial charge >= 0.3 is 0 Å². The molecule has 0 aliphatic carbocycles. The van der Waals surface area contributed by atoms with Gasteiger partial charge < -0.3 is 10.1 Å². The Morgan fingerprint density at radius 3 is 2.62 bits per heavy atom. The van der Waals surface area contributed by atoms with Gasteiger partial charge in [0.05, 0.1) is 17.9 Å². The van der Waals surface area contributed by atoms with Gasteiger partial charge in [-0.15, -0.1) is 0 Å². The van der Waals surface area contributed by atoms with Crippen molar-refractivity contribution < 1.29 is 9.53 Å². The monoisotopic (exact) mass is 470 g/mol. The molecule has 0 spiro atoms. The van der Waals surface area contributed by atoms with Crippen molar-refractivity contribution in [3.8, 4) is 5.75 Å². The Morgan fingerprint density at radius 1 is 1.21 bits per heavy atom. The molecular formula is C17H16Br2N2O2S. The summed E-state index contributed by atoms with van der Waals surface area (Å²) in [6.07, 6.45) is 0. The molecule has 0 saturated carbocycles. The molecule has 1 amide bonds. The Morgan fingerprint density at radius 2 is 1.96 bits per heavy atom. The summed E-state index contributed by atoms with van der Waals surface area (Å²) in [4.78, 5) is 12.5. The van der Waals surface area contributed by atoms with Crippen LogP contribution in [0.2, 0.25) is 0 Å². The van der Waals surface area contributed by atoms with Crippen LogP contribution >= 0.6 is 44.1 Å². The smallest absolute Gasteiger partial charge is 0.261 e. The van der Waals surface area contributed by atoms with Crippen LogP contribution in [0.25, 0.3) is 0 Å². The van der Waals surface area contributed by atoms with E-state index >= 15 is 0 Å². The van der Waals surface area contributed by atoms with Crippen LogP contribution in [0.5, 0.6) is 5.75 Å². The predicted molar refractivity (Wildman–Crippen MR) is 108 cm³/mol. The molecule has 0 aliphatic rings. The van der Waals surface area contributed by atoms with Gasteiger partial charge in [-0.2, -0.15) is 0 Å². The molecule has 126 valence electrons. The summed E-state index contributed by atoms with van der Waals surface area (Å²) < 4.78 is 7.15. The van der Waals surface area contributed by atoms with Crippen molar-refractivity contribution >= 4 is 60.8 Å². The van der Waals surface area contributed by atoms with Gasteiger partial charge in [-0.25, -0.2) is 0 Å². The third kappa shape index (κ3) is 5.03. The minimum absolute atomic E-state index is 0.215. The Balaban J connectivity index is 2.11. The van der Waals surface area contributed by atoms with Crippen molar-refractivity contribution in [1.29, 1.82) is 0 Å². The number of nitrogens with one attached hydrogen (secondary N) is 2. The van der Waals surface area contributed by atoms with E-state index in [1.54, 1.807) is 12.1 Å². The number of carbonyl (C=O) groups is 1. The van der Waals surface area contributed by atoms with E-state index in [0.29, 0.717) is 17.9 Å². The third-order valence-electron chi connectivity index (χ3n) is 3.09. The highest BCUT2D eigenvalue weighted by Gasteiger charge is 2.15. The minimum Gasteiger partial charge on any atom is -0.493 e. The molecule has 0 atom stereocenters. The first-order valence-electron chi connectivity index (χ1n) is 7.21. The van der Waals surface area contributed by atoms with Crippen LogP contribution in [0.4, 0.5) is 5.69 Å². The second-order valence-electron chi connectivity index (χ2n) is 4.97. The molecule has 0 fully saturated rings. The predicted octanol–water partition coefficient (Wildman–Crippen LogP) is 5.05. The maximum absolute atomic E-state index is 12.5. The molecule has 2 aromatic rings. The van der Waals surface area contributed by atoms with Crippen LogP contribution in [0, 0.1) is 6.92 Å². The lowest BCUT2D eigenvalue weighted by Crippen LogP contribution is -2.34. The molecule has 0 heterocycles. The van der Waals surface area contributed by atoms with Crippen LogP contribution in [0.1, 0.15) is 22.8 Å². The van der Waals surface area contributed by atoms with Crippen LogP contribution in [0.3, 0.4) is 0 Å². The number of ether oxygens (including phenoxy) is 1. The van der Waals surface area contributed by atoms with Gasteiger partial charge in [-0.3, -0.25) is 10.1 Å². The summed E-state index contributed by atoms with van der Waals surface area (Å²) in [6, 6.07) is 11.1. The number of hydrogen-bond donors (Lipinski definition) is 2. The Hall–Kier alpha value is -1.44. The van der Waals surface area contributed by atoms with Crippen molar-refractivity contribution in [2.45, 2.75) is 13.8 Å². The summed E-state index contributed by atoms with van der Waals surface area (Å²) in [5.41, 5.74) is 2.32. The molecule has 0 bridgehead atoms. The van der Waals surface area contributed by atoms with Crippen LogP contribution in [0.15, 0.2) is 45.3 Å². The standard InChI is InChI=1S/C17H16Br2N2O2S/c1-3-23-15-7-5-11(18)9-12(15)16(22)21-17(24)20-14-6-4-10(2)8-13(14)19/h4-9H,3H2,1-2H3,(H2,20,21,22,24). The molecule has 0 aromatic heterocycles. The normalized spacial score (nSPS) is 10.2. The van der Waals surface area contributed by atoms with Gasteiger partial charge in [0.25, 0.3) is 5.91 Å². The van der Waals surface area contributed by atoms with Crippen molar-refractivity contribution in [3.63, 3.8) is 0 Å². The lowest BCUT2D eigenvalue weighted by atomic mass is 10.2. The van der Waals surface area contributed by atoms with Gasteiger partial charge in [0, 0.05) is 8.95 Å². The second-order valence-corrected chi connectivity index (χ2v) is 7.14. The summed E-state index contributed by atoms with van der Waals surface area (Å²) >= 11 is 12.1. The number of halogens is 2.